The highest BCUT2D eigenvalue weighted by molar-refractivity contribution is 5.81. The van der Waals surface area contributed by atoms with Gasteiger partial charge in [-0.15, -0.1) is 0 Å². The van der Waals surface area contributed by atoms with Gasteiger partial charge >= 0.3 is 0 Å². The van der Waals surface area contributed by atoms with Gasteiger partial charge < -0.3 is 4.90 Å². The molecule has 1 amide bonds. The van der Waals surface area contributed by atoms with Gasteiger partial charge in [-0.3, -0.25) is 4.79 Å². The van der Waals surface area contributed by atoms with Crippen LogP contribution in [0.2, 0.25) is 0 Å². The van der Waals surface area contributed by atoms with Crippen molar-refractivity contribution in [2.24, 2.45) is 0 Å². The molecule has 0 unspecified atom stereocenters. The zero-order chi connectivity index (χ0) is 16.1. The summed E-state index contributed by atoms with van der Waals surface area (Å²) in [7, 11) is 0. The van der Waals surface area contributed by atoms with Crippen LogP contribution in [-0.4, -0.2) is 17.4 Å². The summed E-state index contributed by atoms with van der Waals surface area (Å²) >= 11 is 0. The van der Waals surface area contributed by atoms with Gasteiger partial charge in [-0.1, -0.05) is 42.5 Å². The molecule has 0 aromatic heterocycles. The van der Waals surface area contributed by atoms with E-state index in [1.807, 2.05) is 47.5 Å². The molecule has 1 heterocycles. The van der Waals surface area contributed by atoms with Crippen molar-refractivity contribution in [2.75, 3.05) is 6.54 Å². The highest BCUT2D eigenvalue weighted by atomic mass is 16.2. The number of likely N-dealkylation sites (tertiary alicyclic amines) is 1. The van der Waals surface area contributed by atoms with E-state index in [4.69, 9.17) is 5.26 Å². The fourth-order valence-corrected chi connectivity index (χ4v) is 2.84. The maximum absolute atomic E-state index is 11.9. The van der Waals surface area contributed by atoms with E-state index in [1.54, 1.807) is 6.07 Å². The Hall–Kier alpha value is -2.86. The van der Waals surface area contributed by atoms with Crippen LogP contribution in [0.4, 0.5) is 0 Å². The SMILES string of the molecule is N#Cc1cccc(C/C(=C/N2CCCC2=O)c2ccccc2)c1. The second kappa shape index (κ2) is 6.93. The number of hydrogen-bond acceptors (Lipinski definition) is 2. The number of hydrogen-bond donors (Lipinski definition) is 0. The Kier molecular flexibility index (Phi) is 4.54. The Morgan fingerprint density at radius 1 is 1.17 bits per heavy atom. The molecule has 1 aliphatic rings. The monoisotopic (exact) mass is 302 g/mol. The summed E-state index contributed by atoms with van der Waals surface area (Å²) in [6.45, 7) is 0.785. The number of benzene rings is 2. The first-order chi connectivity index (χ1) is 11.3. The van der Waals surface area contributed by atoms with Gasteiger partial charge in [0.05, 0.1) is 11.6 Å². The smallest absolute Gasteiger partial charge is 0.226 e. The van der Waals surface area contributed by atoms with Gasteiger partial charge in [-0.05, 0) is 41.7 Å². The van der Waals surface area contributed by atoms with Crippen LogP contribution >= 0.6 is 0 Å². The third-order valence-electron chi connectivity index (χ3n) is 4.02. The number of rotatable bonds is 4. The van der Waals surface area contributed by atoms with E-state index < -0.39 is 0 Å². The van der Waals surface area contributed by atoms with Crippen LogP contribution in [0.1, 0.15) is 29.5 Å². The number of carbonyl (C=O) groups is 1. The molecule has 2 aromatic rings. The van der Waals surface area contributed by atoms with Crippen molar-refractivity contribution in [2.45, 2.75) is 19.3 Å². The summed E-state index contributed by atoms with van der Waals surface area (Å²) in [6.07, 6.45) is 4.22. The van der Waals surface area contributed by atoms with Crippen LogP contribution in [0, 0.1) is 11.3 Å². The molecule has 23 heavy (non-hydrogen) atoms. The summed E-state index contributed by atoms with van der Waals surface area (Å²) < 4.78 is 0. The highest BCUT2D eigenvalue weighted by Crippen LogP contribution is 2.23. The molecule has 0 radical (unpaired) electrons. The lowest BCUT2D eigenvalue weighted by atomic mass is 9.98. The number of nitriles is 1. The van der Waals surface area contributed by atoms with Crippen molar-refractivity contribution in [3.8, 4) is 6.07 Å². The largest absolute Gasteiger partial charge is 0.319 e. The molecule has 0 N–H and O–H groups in total. The van der Waals surface area contributed by atoms with E-state index in [2.05, 4.69) is 18.2 Å². The van der Waals surface area contributed by atoms with E-state index in [9.17, 15) is 4.79 Å². The van der Waals surface area contributed by atoms with Crippen LogP contribution in [-0.2, 0) is 11.2 Å². The Bertz CT molecular complexity index is 772. The van der Waals surface area contributed by atoms with E-state index in [0.29, 0.717) is 18.4 Å². The zero-order valence-electron chi connectivity index (χ0n) is 12.9. The second-order valence-corrected chi connectivity index (χ2v) is 5.70. The fraction of sp³-hybridized carbons (Fsp3) is 0.200. The van der Waals surface area contributed by atoms with Gasteiger partial charge in [0.15, 0.2) is 0 Å². The van der Waals surface area contributed by atoms with Crippen molar-refractivity contribution >= 4 is 11.5 Å². The molecule has 1 fully saturated rings. The highest BCUT2D eigenvalue weighted by Gasteiger charge is 2.19. The third kappa shape index (κ3) is 3.67. The minimum Gasteiger partial charge on any atom is -0.319 e. The number of allylic oxidation sites excluding steroid dienone is 1. The molecule has 0 saturated carbocycles. The lowest BCUT2D eigenvalue weighted by molar-refractivity contribution is -0.125. The number of amides is 1. The van der Waals surface area contributed by atoms with Crippen LogP contribution in [0.25, 0.3) is 5.57 Å². The van der Waals surface area contributed by atoms with Crippen LogP contribution in [0.5, 0.6) is 0 Å². The lowest BCUT2D eigenvalue weighted by Gasteiger charge is -2.15. The summed E-state index contributed by atoms with van der Waals surface area (Å²) in [5.74, 6) is 0.184. The molecule has 0 atom stereocenters. The first-order valence-corrected chi connectivity index (χ1v) is 7.81. The lowest BCUT2D eigenvalue weighted by Crippen LogP contribution is -2.18. The van der Waals surface area contributed by atoms with Crippen molar-refractivity contribution < 1.29 is 4.79 Å². The van der Waals surface area contributed by atoms with Crippen LogP contribution < -0.4 is 0 Å². The first-order valence-electron chi connectivity index (χ1n) is 7.81. The average Bonchev–Trinajstić information content (AvgIpc) is 3.00. The molecule has 114 valence electrons. The minimum atomic E-state index is 0.184. The Morgan fingerprint density at radius 3 is 2.70 bits per heavy atom. The predicted octanol–water partition coefficient (Wildman–Crippen LogP) is 3.76. The summed E-state index contributed by atoms with van der Waals surface area (Å²) in [5, 5.41) is 9.06. The molecular formula is C20H18N2O. The fourth-order valence-electron chi connectivity index (χ4n) is 2.84. The summed E-state index contributed by atoms with van der Waals surface area (Å²) in [6, 6.07) is 19.9. The number of nitrogens with zero attached hydrogens (tertiary/aromatic N) is 2. The first kappa shape index (κ1) is 15.1. The summed E-state index contributed by atoms with van der Waals surface area (Å²) in [5.41, 5.74) is 3.93. The quantitative estimate of drug-likeness (QED) is 0.863. The molecule has 2 aromatic carbocycles. The standard InChI is InChI=1S/C20H18N2O/c21-14-17-7-4-6-16(12-17)13-19(18-8-2-1-3-9-18)15-22-11-5-10-20(22)23/h1-4,6-9,12,15H,5,10-11,13H2/b19-15-. The summed E-state index contributed by atoms with van der Waals surface area (Å²) in [4.78, 5) is 13.7. The van der Waals surface area contributed by atoms with Gasteiger partial charge in [0.1, 0.15) is 0 Å². The molecule has 0 bridgehead atoms. The third-order valence-corrected chi connectivity index (χ3v) is 4.02. The van der Waals surface area contributed by atoms with E-state index in [0.717, 1.165) is 29.7 Å². The minimum absolute atomic E-state index is 0.184. The maximum Gasteiger partial charge on any atom is 0.226 e. The van der Waals surface area contributed by atoms with Crippen molar-refractivity contribution in [1.29, 1.82) is 5.26 Å². The van der Waals surface area contributed by atoms with Crippen molar-refractivity contribution in [1.82, 2.24) is 4.90 Å². The maximum atomic E-state index is 11.9. The van der Waals surface area contributed by atoms with Crippen molar-refractivity contribution in [3.05, 3.63) is 77.5 Å². The van der Waals surface area contributed by atoms with Crippen LogP contribution in [0.3, 0.4) is 0 Å². The van der Waals surface area contributed by atoms with E-state index >= 15 is 0 Å². The predicted molar refractivity (Wildman–Crippen MR) is 90.2 cm³/mol. The molecule has 1 saturated heterocycles. The van der Waals surface area contributed by atoms with E-state index in [1.165, 1.54) is 0 Å². The molecule has 1 aliphatic heterocycles. The molecule has 0 aliphatic carbocycles. The normalized spacial score (nSPS) is 14.8. The second-order valence-electron chi connectivity index (χ2n) is 5.70. The Labute approximate surface area is 136 Å². The van der Waals surface area contributed by atoms with Crippen LogP contribution in [0.15, 0.2) is 60.8 Å². The number of carbonyl (C=O) groups excluding carboxylic acids is 1. The average molecular weight is 302 g/mol. The zero-order valence-corrected chi connectivity index (χ0v) is 12.9. The van der Waals surface area contributed by atoms with Gasteiger partial charge in [0, 0.05) is 19.2 Å². The van der Waals surface area contributed by atoms with Gasteiger partial charge in [-0.2, -0.15) is 5.26 Å². The molecular weight excluding hydrogens is 284 g/mol. The van der Waals surface area contributed by atoms with Gasteiger partial charge in [-0.25, -0.2) is 0 Å². The Balaban J connectivity index is 1.93. The van der Waals surface area contributed by atoms with Crippen molar-refractivity contribution in [3.63, 3.8) is 0 Å². The van der Waals surface area contributed by atoms with Gasteiger partial charge in [0.2, 0.25) is 5.91 Å². The molecule has 3 heteroatoms. The van der Waals surface area contributed by atoms with E-state index in [-0.39, 0.29) is 5.91 Å². The molecule has 0 spiro atoms. The molecule has 3 nitrogen and oxygen atoms in total. The van der Waals surface area contributed by atoms with Gasteiger partial charge in [0.25, 0.3) is 0 Å². The molecule has 3 rings (SSSR count). The topological polar surface area (TPSA) is 44.1 Å². The Morgan fingerprint density at radius 2 is 2.00 bits per heavy atom.